The predicted octanol–water partition coefficient (Wildman–Crippen LogP) is 14.8. The highest BCUT2D eigenvalue weighted by Gasteiger charge is 2.18. The van der Waals surface area contributed by atoms with Crippen LogP contribution >= 0.6 is 0 Å². The van der Waals surface area contributed by atoms with Crippen LogP contribution in [0.4, 0.5) is 11.4 Å². The van der Waals surface area contributed by atoms with E-state index in [-0.39, 0.29) is 0 Å². The van der Waals surface area contributed by atoms with E-state index in [4.69, 9.17) is 0 Å². The number of anilines is 2. The lowest BCUT2D eigenvalue weighted by Crippen LogP contribution is -1.99. The number of hydrogen-bond acceptors (Lipinski definition) is 1. The van der Waals surface area contributed by atoms with Gasteiger partial charge in [0.2, 0.25) is 0 Å². The van der Waals surface area contributed by atoms with Crippen molar-refractivity contribution in [3.05, 3.63) is 212 Å². The molecule has 262 valence electrons. The van der Waals surface area contributed by atoms with E-state index < -0.39 is 0 Å². The van der Waals surface area contributed by atoms with Crippen molar-refractivity contribution < 1.29 is 0 Å². The van der Waals surface area contributed by atoms with Crippen LogP contribution in [0.15, 0.2) is 212 Å². The van der Waals surface area contributed by atoms with Gasteiger partial charge in [-0.15, -0.1) is 0 Å². The van der Waals surface area contributed by atoms with E-state index >= 15 is 0 Å². The van der Waals surface area contributed by atoms with Gasteiger partial charge in [-0.1, -0.05) is 158 Å². The first kappa shape index (κ1) is 32.0. The van der Waals surface area contributed by atoms with Gasteiger partial charge < -0.3 is 9.88 Å². The van der Waals surface area contributed by atoms with E-state index in [1.54, 1.807) is 0 Å². The van der Waals surface area contributed by atoms with Gasteiger partial charge in [0.15, 0.2) is 0 Å². The number of nitrogens with zero attached hydrogens (tertiary/aromatic N) is 1. The summed E-state index contributed by atoms with van der Waals surface area (Å²) >= 11 is 0. The molecule has 1 aliphatic heterocycles. The Morgan fingerprint density at radius 3 is 1.57 bits per heavy atom. The summed E-state index contributed by atoms with van der Waals surface area (Å²) in [5.74, 6) is 0. The second-order valence-electron chi connectivity index (χ2n) is 14.6. The number of nitrogens with one attached hydrogen (secondary N) is 1. The Balaban J connectivity index is 0.988. The minimum absolute atomic E-state index is 1.09. The van der Waals surface area contributed by atoms with E-state index in [2.05, 4.69) is 222 Å². The lowest BCUT2D eigenvalue weighted by Gasteiger charge is -2.21. The van der Waals surface area contributed by atoms with Crippen LogP contribution in [-0.4, -0.2) is 4.57 Å². The first-order valence-electron chi connectivity index (χ1n) is 19.3. The number of hydrogen-bond donors (Lipinski definition) is 1. The minimum atomic E-state index is 1.09. The monoisotopic (exact) mass is 712 g/mol. The highest BCUT2D eigenvalue weighted by atomic mass is 15.0. The average molecular weight is 713 g/mol. The van der Waals surface area contributed by atoms with Crippen LogP contribution in [0.25, 0.3) is 94.3 Å². The average Bonchev–Trinajstić information content (AvgIpc) is 3.61. The molecule has 9 aromatic carbocycles. The summed E-state index contributed by atoms with van der Waals surface area (Å²) in [6.45, 7) is 0. The van der Waals surface area contributed by atoms with Gasteiger partial charge in [-0.3, -0.25) is 0 Å². The molecule has 0 fully saturated rings. The number of aromatic nitrogens is 1. The molecule has 2 bridgehead atoms. The minimum Gasteiger partial charge on any atom is -0.355 e. The van der Waals surface area contributed by atoms with Crippen molar-refractivity contribution >= 4 is 33.2 Å². The van der Waals surface area contributed by atoms with Crippen LogP contribution in [0.3, 0.4) is 0 Å². The molecule has 2 heteroatoms. The van der Waals surface area contributed by atoms with E-state index in [1.807, 2.05) is 0 Å². The van der Waals surface area contributed by atoms with Crippen molar-refractivity contribution in [3.63, 3.8) is 0 Å². The summed E-state index contributed by atoms with van der Waals surface area (Å²) in [5, 5.41) is 6.32. The molecule has 0 atom stereocenters. The van der Waals surface area contributed by atoms with Gasteiger partial charge in [-0.2, -0.15) is 0 Å². The van der Waals surface area contributed by atoms with Crippen molar-refractivity contribution in [3.8, 4) is 72.4 Å². The van der Waals surface area contributed by atoms with Crippen LogP contribution < -0.4 is 5.32 Å². The van der Waals surface area contributed by atoms with Crippen molar-refractivity contribution in [2.45, 2.75) is 0 Å². The third kappa shape index (κ3) is 5.42. The molecule has 1 aromatic heterocycles. The van der Waals surface area contributed by atoms with Crippen molar-refractivity contribution in [2.75, 3.05) is 5.32 Å². The standard InChI is InChI=1S/C54H36N2/c1-2-11-36(12-3-1)37-21-23-38(24-22-37)39-25-29-44(30-26-39)56-53-20-9-7-18-48(53)50-35-41(28-32-54(50)56)40-27-31-52-49(34-40)43-14-10-13-42(33-43)45-15-4-5-16-46(45)47-17-6-8-19-51(47)55-52/h1-35,55H. The van der Waals surface area contributed by atoms with Gasteiger partial charge in [0, 0.05) is 39.0 Å². The molecule has 0 saturated heterocycles. The fourth-order valence-corrected chi connectivity index (χ4v) is 8.59. The highest BCUT2D eigenvalue weighted by molar-refractivity contribution is 6.10. The van der Waals surface area contributed by atoms with Crippen LogP contribution in [0.5, 0.6) is 0 Å². The van der Waals surface area contributed by atoms with Crippen molar-refractivity contribution in [1.82, 2.24) is 4.57 Å². The third-order valence-corrected chi connectivity index (χ3v) is 11.4. The van der Waals surface area contributed by atoms with E-state index in [1.165, 1.54) is 88.6 Å². The van der Waals surface area contributed by atoms with E-state index in [9.17, 15) is 0 Å². The summed E-state index contributed by atoms with van der Waals surface area (Å²) in [5.41, 5.74) is 20.2. The maximum absolute atomic E-state index is 3.83. The number of para-hydroxylation sites is 2. The molecule has 1 aliphatic rings. The summed E-state index contributed by atoms with van der Waals surface area (Å²) < 4.78 is 2.40. The molecule has 0 radical (unpaired) electrons. The molecule has 0 saturated carbocycles. The van der Waals surface area contributed by atoms with Gasteiger partial charge in [-0.05, 0) is 110 Å². The first-order chi connectivity index (χ1) is 27.7. The Morgan fingerprint density at radius 1 is 0.268 bits per heavy atom. The third-order valence-electron chi connectivity index (χ3n) is 11.4. The molecule has 0 spiro atoms. The second-order valence-corrected chi connectivity index (χ2v) is 14.6. The number of benzene rings is 9. The first-order valence-corrected chi connectivity index (χ1v) is 19.3. The SMILES string of the molecule is c1ccc(-c2ccc(-c3ccc(-n4c5ccccc5c5cc(-c6ccc7c(c6)-c6cccc(c6)-c6ccccc6-c6ccccc6N7)ccc54)cc3)cc2)cc1. The maximum atomic E-state index is 3.83. The predicted molar refractivity (Wildman–Crippen MR) is 237 cm³/mol. The highest BCUT2D eigenvalue weighted by Crippen LogP contribution is 2.44. The molecule has 11 rings (SSSR count). The zero-order chi connectivity index (χ0) is 37.0. The second kappa shape index (κ2) is 13.2. The smallest absolute Gasteiger partial charge is 0.0541 e. The Kier molecular flexibility index (Phi) is 7.53. The van der Waals surface area contributed by atoms with Crippen molar-refractivity contribution in [1.29, 1.82) is 0 Å². The quantitative estimate of drug-likeness (QED) is 0.192. The summed E-state index contributed by atoms with van der Waals surface area (Å²) in [6.07, 6.45) is 0. The van der Waals surface area contributed by atoms with Crippen LogP contribution in [0, 0.1) is 0 Å². The summed E-state index contributed by atoms with van der Waals surface area (Å²) in [7, 11) is 0. The zero-order valence-electron chi connectivity index (χ0n) is 30.7. The lowest BCUT2D eigenvalue weighted by molar-refractivity contribution is 1.18. The molecule has 10 aromatic rings. The van der Waals surface area contributed by atoms with Crippen molar-refractivity contribution in [2.24, 2.45) is 0 Å². The molecule has 2 nitrogen and oxygen atoms in total. The molecule has 0 aliphatic carbocycles. The van der Waals surface area contributed by atoms with Crippen LogP contribution in [-0.2, 0) is 0 Å². The Hall–Kier alpha value is -7.42. The lowest BCUT2D eigenvalue weighted by atomic mass is 9.89. The molecule has 0 unspecified atom stereocenters. The largest absolute Gasteiger partial charge is 0.355 e. The zero-order valence-corrected chi connectivity index (χ0v) is 30.7. The van der Waals surface area contributed by atoms with E-state index in [0.29, 0.717) is 0 Å². The molecular weight excluding hydrogens is 677 g/mol. The summed E-state index contributed by atoms with van der Waals surface area (Å²) in [6, 6.07) is 77.2. The Labute approximate surface area is 326 Å². The molecule has 2 heterocycles. The van der Waals surface area contributed by atoms with Crippen LogP contribution in [0.2, 0.25) is 0 Å². The van der Waals surface area contributed by atoms with E-state index in [0.717, 1.165) is 17.1 Å². The van der Waals surface area contributed by atoms with Gasteiger partial charge in [0.1, 0.15) is 0 Å². The summed E-state index contributed by atoms with van der Waals surface area (Å²) in [4.78, 5) is 0. The molecule has 1 N–H and O–H groups in total. The van der Waals surface area contributed by atoms with Crippen LogP contribution in [0.1, 0.15) is 0 Å². The normalized spacial score (nSPS) is 11.7. The number of fused-ring (bicyclic) bond motifs is 11. The Morgan fingerprint density at radius 2 is 0.786 bits per heavy atom. The molecular formula is C54H36N2. The molecule has 56 heavy (non-hydrogen) atoms. The Bertz CT molecular complexity index is 3080. The topological polar surface area (TPSA) is 17.0 Å². The maximum Gasteiger partial charge on any atom is 0.0541 e. The van der Waals surface area contributed by atoms with Gasteiger partial charge in [0.25, 0.3) is 0 Å². The fourth-order valence-electron chi connectivity index (χ4n) is 8.59. The van der Waals surface area contributed by atoms with Gasteiger partial charge >= 0.3 is 0 Å². The number of rotatable bonds is 4. The van der Waals surface area contributed by atoms with Gasteiger partial charge in [0.05, 0.1) is 11.0 Å². The van der Waals surface area contributed by atoms with Gasteiger partial charge in [-0.25, -0.2) is 0 Å². The molecule has 0 amide bonds. The fraction of sp³-hybridized carbons (Fsp3) is 0.